The molecular weight excluding hydrogens is 328 g/mol. The number of thiophene rings is 1. The van der Waals surface area contributed by atoms with Crippen molar-refractivity contribution in [1.82, 2.24) is 0 Å². The summed E-state index contributed by atoms with van der Waals surface area (Å²) in [6.45, 7) is 1.84. The Balaban J connectivity index is 1.66. The minimum atomic E-state index is -0.524. The Morgan fingerprint density at radius 3 is 2.67 bits per heavy atom. The first-order chi connectivity index (χ1) is 11.5. The molecule has 3 N–H and O–H groups in total. The number of hydrogen-bond donors (Lipinski definition) is 2. The lowest BCUT2D eigenvalue weighted by atomic mass is 9.86. The van der Waals surface area contributed by atoms with E-state index in [1.165, 1.54) is 11.3 Å². The van der Waals surface area contributed by atoms with E-state index in [2.05, 4.69) is 12.2 Å². The number of hydrogen-bond acceptors (Lipinski definition) is 5. The second-order valence-corrected chi connectivity index (χ2v) is 7.81. The first-order valence-corrected chi connectivity index (χ1v) is 9.18. The number of fused-ring (bicyclic) bond motifs is 1. The van der Waals surface area contributed by atoms with Gasteiger partial charge in [0.05, 0.1) is 11.5 Å². The maximum Gasteiger partial charge on any atom is 0.309 e. The van der Waals surface area contributed by atoms with Crippen molar-refractivity contribution >= 4 is 34.1 Å². The number of anilines is 1. The summed E-state index contributed by atoms with van der Waals surface area (Å²) in [4.78, 5) is 36.7. The van der Waals surface area contributed by atoms with Crippen LogP contribution in [-0.2, 0) is 27.2 Å². The summed E-state index contributed by atoms with van der Waals surface area (Å²) in [5.41, 5.74) is 6.89. The highest BCUT2D eigenvalue weighted by atomic mass is 32.1. The molecule has 3 rings (SSSR count). The molecule has 2 amide bonds. The highest BCUT2D eigenvalue weighted by Crippen LogP contribution is 2.39. The lowest BCUT2D eigenvalue weighted by Gasteiger charge is -2.22. The number of ether oxygens (including phenoxy) is 1. The van der Waals surface area contributed by atoms with Gasteiger partial charge in [-0.3, -0.25) is 14.4 Å². The third-order valence-corrected chi connectivity index (χ3v) is 5.96. The lowest BCUT2D eigenvalue weighted by molar-refractivity contribution is -0.154. The topological polar surface area (TPSA) is 98.5 Å². The van der Waals surface area contributed by atoms with Crippen molar-refractivity contribution in [3.05, 3.63) is 16.0 Å². The third kappa shape index (κ3) is 3.45. The first-order valence-electron chi connectivity index (χ1n) is 8.36. The predicted octanol–water partition coefficient (Wildman–Crippen LogP) is 2.25. The quantitative estimate of drug-likeness (QED) is 0.796. The SMILES string of the molecule is C[C@@H]1CCc2c(sc(NC(=O)COC(=O)C3CCC3)c2C(N)=O)C1. The maximum atomic E-state index is 12.1. The molecule has 1 atom stereocenters. The minimum absolute atomic E-state index is 0.0606. The normalized spacial score (nSPS) is 20.0. The van der Waals surface area contributed by atoms with Crippen LogP contribution in [-0.4, -0.2) is 24.4 Å². The van der Waals surface area contributed by atoms with Crippen LogP contribution in [0.1, 0.15) is 53.4 Å². The number of carbonyl (C=O) groups excluding carboxylic acids is 3. The molecule has 1 saturated carbocycles. The highest BCUT2D eigenvalue weighted by Gasteiger charge is 2.29. The second-order valence-electron chi connectivity index (χ2n) is 6.70. The summed E-state index contributed by atoms with van der Waals surface area (Å²) < 4.78 is 5.04. The van der Waals surface area contributed by atoms with Crippen molar-refractivity contribution in [2.24, 2.45) is 17.6 Å². The zero-order chi connectivity index (χ0) is 17.3. The summed E-state index contributed by atoms with van der Waals surface area (Å²) >= 11 is 1.41. The summed E-state index contributed by atoms with van der Waals surface area (Å²) in [6, 6.07) is 0. The van der Waals surface area contributed by atoms with Gasteiger partial charge in [-0.2, -0.15) is 0 Å². The fourth-order valence-electron chi connectivity index (χ4n) is 3.16. The molecule has 1 heterocycles. The molecule has 1 aromatic heterocycles. The van der Waals surface area contributed by atoms with E-state index in [1.54, 1.807) is 0 Å². The lowest BCUT2D eigenvalue weighted by Crippen LogP contribution is -2.28. The van der Waals surface area contributed by atoms with Gasteiger partial charge in [0.1, 0.15) is 5.00 Å². The molecule has 1 aromatic rings. The van der Waals surface area contributed by atoms with Crippen LogP contribution in [0.4, 0.5) is 5.00 Å². The summed E-state index contributed by atoms with van der Waals surface area (Å²) in [6.07, 6.45) is 5.42. The third-order valence-electron chi connectivity index (χ3n) is 4.80. The number of primary amides is 1. The van der Waals surface area contributed by atoms with Gasteiger partial charge < -0.3 is 15.8 Å². The van der Waals surface area contributed by atoms with Crippen molar-refractivity contribution in [2.45, 2.75) is 45.4 Å². The van der Waals surface area contributed by atoms with Gasteiger partial charge in [-0.25, -0.2) is 0 Å². The van der Waals surface area contributed by atoms with Crippen LogP contribution < -0.4 is 11.1 Å². The molecule has 2 aliphatic carbocycles. The molecule has 0 spiro atoms. The fourth-order valence-corrected chi connectivity index (χ4v) is 4.59. The molecule has 0 radical (unpaired) electrons. The molecule has 0 aromatic carbocycles. The Morgan fingerprint density at radius 2 is 2.04 bits per heavy atom. The summed E-state index contributed by atoms with van der Waals surface area (Å²) in [5, 5.41) is 3.17. The monoisotopic (exact) mass is 350 g/mol. The number of amides is 2. The van der Waals surface area contributed by atoms with Gasteiger partial charge >= 0.3 is 5.97 Å². The van der Waals surface area contributed by atoms with Gasteiger partial charge in [0.25, 0.3) is 11.8 Å². The van der Waals surface area contributed by atoms with E-state index >= 15 is 0 Å². The van der Waals surface area contributed by atoms with Crippen LogP contribution in [0.3, 0.4) is 0 Å². The molecule has 6 nitrogen and oxygen atoms in total. The van der Waals surface area contributed by atoms with Crippen molar-refractivity contribution in [3.63, 3.8) is 0 Å². The Bertz CT molecular complexity index is 678. The van der Waals surface area contributed by atoms with Crippen LogP contribution in [0.2, 0.25) is 0 Å². The van der Waals surface area contributed by atoms with E-state index in [9.17, 15) is 14.4 Å². The van der Waals surface area contributed by atoms with E-state index in [0.717, 1.165) is 49.0 Å². The molecule has 7 heteroatoms. The van der Waals surface area contributed by atoms with E-state index < -0.39 is 11.8 Å². The molecule has 0 unspecified atom stereocenters. The van der Waals surface area contributed by atoms with Crippen LogP contribution in [0.25, 0.3) is 0 Å². The van der Waals surface area contributed by atoms with E-state index in [0.29, 0.717) is 16.5 Å². The molecule has 0 bridgehead atoms. The summed E-state index contributed by atoms with van der Waals surface area (Å²) in [5.74, 6) is -0.773. The predicted molar refractivity (Wildman–Crippen MR) is 91.0 cm³/mol. The van der Waals surface area contributed by atoms with Crippen LogP contribution in [0.5, 0.6) is 0 Å². The molecule has 0 saturated heterocycles. The Kier molecular flexibility index (Phi) is 4.89. The zero-order valence-corrected chi connectivity index (χ0v) is 14.5. The average molecular weight is 350 g/mol. The second kappa shape index (κ2) is 6.93. The molecule has 130 valence electrons. The van der Waals surface area contributed by atoms with Gasteiger partial charge in [-0.05, 0) is 43.6 Å². The Hall–Kier alpha value is -1.89. The van der Waals surface area contributed by atoms with Crippen LogP contribution in [0, 0.1) is 11.8 Å². The van der Waals surface area contributed by atoms with Gasteiger partial charge in [0, 0.05) is 4.88 Å². The van der Waals surface area contributed by atoms with E-state index in [4.69, 9.17) is 10.5 Å². The highest BCUT2D eigenvalue weighted by molar-refractivity contribution is 7.17. The smallest absolute Gasteiger partial charge is 0.309 e. The van der Waals surface area contributed by atoms with Gasteiger partial charge in [0.15, 0.2) is 6.61 Å². The standard InChI is InChI=1S/C17H22N2O4S/c1-9-5-6-11-12(7-9)24-16(14(11)15(18)21)19-13(20)8-23-17(22)10-3-2-4-10/h9-10H,2-8H2,1H3,(H2,18,21)(H,19,20)/t9-/m1/s1. The fraction of sp³-hybridized carbons (Fsp3) is 0.588. The average Bonchev–Trinajstić information content (AvgIpc) is 2.80. The molecule has 0 aliphatic heterocycles. The number of rotatable bonds is 5. The number of nitrogens with two attached hydrogens (primary N) is 1. The Labute approximate surface area is 144 Å². The number of nitrogens with one attached hydrogen (secondary N) is 1. The van der Waals surface area contributed by atoms with Gasteiger partial charge in [-0.15, -0.1) is 11.3 Å². The Morgan fingerprint density at radius 1 is 1.29 bits per heavy atom. The molecular formula is C17H22N2O4S. The van der Waals surface area contributed by atoms with Crippen LogP contribution in [0.15, 0.2) is 0 Å². The molecule has 1 fully saturated rings. The van der Waals surface area contributed by atoms with Crippen LogP contribution >= 0.6 is 11.3 Å². The van der Waals surface area contributed by atoms with E-state index in [-0.39, 0.29) is 18.5 Å². The number of carbonyl (C=O) groups is 3. The maximum absolute atomic E-state index is 12.1. The molecule has 24 heavy (non-hydrogen) atoms. The van der Waals surface area contributed by atoms with Gasteiger partial charge in [-0.1, -0.05) is 13.3 Å². The van der Waals surface area contributed by atoms with E-state index in [1.807, 2.05) is 0 Å². The largest absolute Gasteiger partial charge is 0.455 e. The minimum Gasteiger partial charge on any atom is -0.455 e. The molecule has 2 aliphatic rings. The number of esters is 1. The first kappa shape index (κ1) is 17.0. The zero-order valence-electron chi connectivity index (χ0n) is 13.7. The summed E-state index contributed by atoms with van der Waals surface area (Å²) in [7, 11) is 0. The van der Waals surface area contributed by atoms with Crippen molar-refractivity contribution in [3.8, 4) is 0 Å². The van der Waals surface area contributed by atoms with Crippen molar-refractivity contribution in [2.75, 3.05) is 11.9 Å². The van der Waals surface area contributed by atoms with Crippen molar-refractivity contribution in [1.29, 1.82) is 0 Å². The van der Waals surface area contributed by atoms with Crippen molar-refractivity contribution < 1.29 is 19.1 Å². The van der Waals surface area contributed by atoms with Gasteiger partial charge in [0.2, 0.25) is 0 Å².